The number of nitrogens with zero attached hydrogens (tertiary/aromatic N) is 2. The number of hydrogen-bond donors (Lipinski definition) is 2. The Morgan fingerprint density at radius 2 is 1.76 bits per heavy atom. The van der Waals surface area contributed by atoms with Gasteiger partial charge in [-0.15, -0.1) is 11.3 Å². The highest BCUT2D eigenvalue weighted by Crippen LogP contribution is 2.30. The van der Waals surface area contributed by atoms with Crippen molar-refractivity contribution in [3.8, 4) is 17.4 Å². The summed E-state index contributed by atoms with van der Waals surface area (Å²) in [5, 5.41) is 19.3. The van der Waals surface area contributed by atoms with Gasteiger partial charge in [0.05, 0.1) is 10.9 Å². The number of likely N-dealkylation sites (N-methyl/N-ethyl adjacent to an activating group) is 1. The molecule has 1 aromatic heterocycles. The van der Waals surface area contributed by atoms with Gasteiger partial charge in [-0.2, -0.15) is 0 Å². The van der Waals surface area contributed by atoms with Crippen LogP contribution in [-0.4, -0.2) is 50.9 Å². The molecule has 8 nitrogen and oxygen atoms in total. The molecule has 1 unspecified atom stereocenters. The standard InChI is InChI=1S/C24H24N2O6S2/c1-2-25-17(14-31-23(25)30)11-15-3-7-18(8-4-15)32-19-9-5-16(6-10-19)12-20-22(29)26(13-21(27)28)24(33)34-20/h3-10,17,29H,2,11-14H2,1H3,(H,27,28). The fraction of sp³-hybridized carbons (Fsp3) is 0.292. The van der Waals surface area contributed by atoms with Crippen LogP contribution in [0.4, 0.5) is 4.79 Å². The maximum absolute atomic E-state index is 11.7. The molecule has 4 rings (SSSR count). The van der Waals surface area contributed by atoms with Crippen LogP contribution in [0, 0.1) is 3.95 Å². The molecule has 0 aliphatic carbocycles. The number of aromatic nitrogens is 1. The number of carboxylic acid groups (broad SMARTS) is 1. The number of amides is 1. The Balaban J connectivity index is 1.36. The zero-order chi connectivity index (χ0) is 24.2. The fourth-order valence-electron chi connectivity index (χ4n) is 3.84. The number of rotatable bonds is 9. The molecule has 2 aromatic carbocycles. The Hall–Kier alpha value is -3.37. The molecule has 1 aliphatic rings. The Morgan fingerprint density at radius 3 is 2.35 bits per heavy atom. The smallest absolute Gasteiger partial charge is 0.410 e. The molecule has 1 saturated heterocycles. The fourth-order valence-corrected chi connectivity index (χ4v) is 5.21. The van der Waals surface area contributed by atoms with Gasteiger partial charge in [0.25, 0.3) is 0 Å². The van der Waals surface area contributed by atoms with E-state index >= 15 is 0 Å². The van der Waals surface area contributed by atoms with Crippen molar-refractivity contribution in [3.63, 3.8) is 0 Å². The number of thiazole rings is 1. The molecule has 3 aromatic rings. The Morgan fingerprint density at radius 1 is 1.15 bits per heavy atom. The molecule has 0 spiro atoms. The molecule has 1 atom stereocenters. The Kier molecular flexibility index (Phi) is 7.18. The van der Waals surface area contributed by atoms with Gasteiger partial charge in [0.15, 0.2) is 3.95 Å². The summed E-state index contributed by atoms with van der Waals surface area (Å²) in [6, 6.07) is 15.3. The number of ether oxygens (including phenoxy) is 2. The molecular formula is C24H24N2O6S2. The second-order valence-electron chi connectivity index (χ2n) is 7.88. The van der Waals surface area contributed by atoms with Crippen LogP contribution in [0.15, 0.2) is 48.5 Å². The summed E-state index contributed by atoms with van der Waals surface area (Å²) in [6.07, 6.45) is 0.904. The van der Waals surface area contributed by atoms with Crippen LogP contribution in [0.5, 0.6) is 17.4 Å². The third-order valence-corrected chi connectivity index (χ3v) is 7.00. The number of carboxylic acids is 1. The van der Waals surface area contributed by atoms with E-state index in [-0.39, 0.29) is 24.6 Å². The summed E-state index contributed by atoms with van der Waals surface area (Å²) in [7, 11) is 0. The third kappa shape index (κ3) is 5.40. The summed E-state index contributed by atoms with van der Waals surface area (Å²) in [4.78, 5) is 25.0. The predicted molar refractivity (Wildman–Crippen MR) is 129 cm³/mol. The molecule has 0 bridgehead atoms. The minimum absolute atomic E-state index is 0.0509. The lowest BCUT2D eigenvalue weighted by atomic mass is 10.1. The first kappa shape index (κ1) is 23.8. The van der Waals surface area contributed by atoms with Gasteiger partial charge in [0.2, 0.25) is 5.88 Å². The van der Waals surface area contributed by atoms with Crippen molar-refractivity contribution in [2.24, 2.45) is 0 Å². The highest BCUT2D eigenvalue weighted by molar-refractivity contribution is 7.73. The van der Waals surface area contributed by atoms with Crippen molar-refractivity contribution in [1.29, 1.82) is 0 Å². The second-order valence-corrected chi connectivity index (χ2v) is 9.61. The maximum atomic E-state index is 11.7. The lowest BCUT2D eigenvalue weighted by Gasteiger charge is -2.19. The SMILES string of the molecule is CCN1C(=O)OCC1Cc1ccc(Oc2ccc(Cc3sc(=S)n(CC(=O)O)c3O)cc2)cc1. The van der Waals surface area contributed by atoms with Crippen LogP contribution >= 0.6 is 23.6 Å². The van der Waals surface area contributed by atoms with Crippen molar-refractivity contribution >= 4 is 35.6 Å². The Bertz CT molecular complexity index is 1230. The van der Waals surface area contributed by atoms with Gasteiger partial charge in [-0.3, -0.25) is 9.36 Å². The molecule has 2 heterocycles. The van der Waals surface area contributed by atoms with Crippen LogP contribution in [-0.2, 0) is 28.9 Å². The van der Waals surface area contributed by atoms with E-state index in [4.69, 9.17) is 26.8 Å². The molecule has 1 amide bonds. The molecule has 10 heteroatoms. The van der Waals surface area contributed by atoms with Crippen molar-refractivity contribution in [1.82, 2.24) is 9.47 Å². The highest BCUT2D eigenvalue weighted by atomic mass is 32.1. The monoisotopic (exact) mass is 500 g/mol. The lowest BCUT2D eigenvalue weighted by molar-refractivity contribution is -0.137. The molecule has 34 heavy (non-hydrogen) atoms. The third-order valence-electron chi connectivity index (χ3n) is 5.56. The number of benzene rings is 2. The largest absolute Gasteiger partial charge is 0.494 e. The first-order valence-corrected chi connectivity index (χ1v) is 12.0. The first-order valence-electron chi connectivity index (χ1n) is 10.8. The minimum Gasteiger partial charge on any atom is -0.494 e. The van der Waals surface area contributed by atoms with Gasteiger partial charge >= 0.3 is 12.1 Å². The molecular weight excluding hydrogens is 476 g/mol. The van der Waals surface area contributed by atoms with Gasteiger partial charge < -0.3 is 24.6 Å². The van der Waals surface area contributed by atoms with Crippen LogP contribution in [0.1, 0.15) is 22.9 Å². The second kappa shape index (κ2) is 10.3. The molecule has 2 N–H and O–H groups in total. The van der Waals surface area contributed by atoms with E-state index < -0.39 is 5.97 Å². The van der Waals surface area contributed by atoms with E-state index in [1.54, 1.807) is 4.90 Å². The molecule has 0 saturated carbocycles. The van der Waals surface area contributed by atoms with Crippen molar-refractivity contribution in [2.75, 3.05) is 13.2 Å². The number of carbonyl (C=O) groups is 2. The number of cyclic esters (lactones) is 1. The molecule has 0 radical (unpaired) electrons. The normalized spacial score (nSPS) is 15.4. The predicted octanol–water partition coefficient (Wildman–Crippen LogP) is 4.84. The zero-order valence-corrected chi connectivity index (χ0v) is 20.1. The summed E-state index contributed by atoms with van der Waals surface area (Å²) in [6.45, 7) is 2.62. The number of aliphatic carboxylic acids is 1. The van der Waals surface area contributed by atoms with Crippen LogP contribution in [0.3, 0.4) is 0 Å². The summed E-state index contributed by atoms with van der Waals surface area (Å²) < 4.78 is 12.6. The van der Waals surface area contributed by atoms with Gasteiger partial charge in [-0.25, -0.2) is 4.79 Å². The number of aromatic hydroxyl groups is 1. The topological polar surface area (TPSA) is 101 Å². The van der Waals surface area contributed by atoms with Crippen molar-refractivity contribution < 1.29 is 29.3 Å². The maximum Gasteiger partial charge on any atom is 0.410 e. The van der Waals surface area contributed by atoms with Crippen LogP contribution < -0.4 is 4.74 Å². The Labute approximate surface area is 205 Å². The minimum atomic E-state index is -1.06. The highest BCUT2D eigenvalue weighted by Gasteiger charge is 2.31. The summed E-state index contributed by atoms with van der Waals surface area (Å²) >= 11 is 6.37. The average molecular weight is 501 g/mol. The number of hydrogen-bond acceptors (Lipinski definition) is 7. The van der Waals surface area contributed by atoms with E-state index in [2.05, 4.69) is 0 Å². The average Bonchev–Trinajstić information content (AvgIpc) is 3.29. The van der Waals surface area contributed by atoms with E-state index in [9.17, 15) is 14.7 Å². The lowest BCUT2D eigenvalue weighted by Crippen LogP contribution is -2.34. The number of carbonyl (C=O) groups excluding carboxylic acids is 1. The van der Waals surface area contributed by atoms with E-state index in [0.717, 1.165) is 17.5 Å². The summed E-state index contributed by atoms with van der Waals surface area (Å²) in [5.41, 5.74) is 2.03. The van der Waals surface area contributed by atoms with Crippen molar-refractivity contribution in [3.05, 3.63) is 68.5 Å². The van der Waals surface area contributed by atoms with E-state index in [1.807, 2.05) is 55.5 Å². The van der Waals surface area contributed by atoms with Gasteiger partial charge in [-0.05, 0) is 61.0 Å². The zero-order valence-electron chi connectivity index (χ0n) is 18.5. The quantitative estimate of drug-likeness (QED) is 0.406. The van der Waals surface area contributed by atoms with E-state index in [0.29, 0.717) is 39.9 Å². The van der Waals surface area contributed by atoms with Gasteiger partial charge in [0.1, 0.15) is 24.7 Å². The summed E-state index contributed by atoms with van der Waals surface area (Å²) in [5.74, 6) is 0.206. The van der Waals surface area contributed by atoms with Crippen molar-refractivity contribution in [2.45, 2.75) is 32.4 Å². The van der Waals surface area contributed by atoms with Crippen LogP contribution in [0.25, 0.3) is 0 Å². The molecule has 1 aliphatic heterocycles. The van der Waals surface area contributed by atoms with Gasteiger partial charge in [0, 0.05) is 13.0 Å². The first-order chi connectivity index (χ1) is 16.3. The van der Waals surface area contributed by atoms with Crippen LogP contribution in [0.2, 0.25) is 0 Å². The molecule has 178 valence electrons. The van der Waals surface area contributed by atoms with E-state index in [1.165, 1.54) is 15.9 Å². The van der Waals surface area contributed by atoms with Gasteiger partial charge in [-0.1, -0.05) is 24.3 Å². The molecule has 1 fully saturated rings.